The van der Waals surface area contributed by atoms with E-state index in [9.17, 15) is 9.59 Å². The van der Waals surface area contributed by atoms with E-state index in [0.717, 1.165) is 5.56 Å². The Kier molecular flexibility index (Phi) is 6.23. The van der Waals surface area contributed by atoms with Crippen molar-refractivity contribution in [3.8, 4) is 11.5 Å². The largest absolute Gasteiger partial charge is 0.497 e. The first-order valence-electron chi connectivity index (χ1n) is 10.2. The van der Waals surface area contributed by atoms with Gasteiger partial charge in [0.15, 0.2) is 5.16 Å². The number of carbonyl (C=O) groups is 1. The minimum atomic E-state index is -0.481. The van der Waals surface area contributed by atoms with E-state index in [-0.39, 0.29) is 17.9 Å². The van der Waals surface area contributed by atoms with Crippen LogP contribution in [0.2, 0.25) is 0 Å². The van der Waals surface area contributed by atoms with Crippen LogP contribution in [0.25, 0.3) is 0 Å². The Morgan fingerprint density at radius 3 is 2.66 bits per heavy atom. The van der Waals surface area contributed by atoms with Gasteiger partial charge in [-0.15, -0.1) is 0 Å². The lowest BCUT2D eigenvalue weighted by Crippen LogP contribution is -2.33. The number of hydrogen-bond donors (Lipinski definition) is 1. The van der Waals surface area contributed by atoms with Gasteiger partial charge >= 0.3 is 0 Å². The monoisotopic (exact) mass is 451 g/mol. The molecule has 1 aliphatic heterocycles. The second-order valence-corrected chi connectivity index (χ2v) is 8.59. The summed E-state index contributed by atoms with van der Waals surface area (Å²) in [6, 6.07) is 13.5. The zero-order valence-corrected chi connectivity index (χ0v) is 19.3. The van der Waals surface area contributed by atoms with Gasteiger partial charge in [0, 0.05) is 30.7 Å². The van der Waals surface area contributed by atoms with Crippen LogP contribution in [0, 0.1) is 6.92 Å². The smallest absolute Gasteiger partial charge is 0.279 e. The number of amides is 1. The maximum absolute atomic E-state index is 13.2. The molecular weight excluding hydrogens is 426 g/mol. The van der Waals surface area contributed by atoms with Crippen molar-refractivity contribution < 1.29 is 14.3 Å². The molecule has 1 N–H and O–H groups in total. The first-order chi connectivity index (χ1) is 15.4. The number of fused-ring (bicyclic) bond motifs is 1. The highest BCUT2D eigenvalue weighted by Crippen LogP contribution is 2.41. The van der Waals surface area contributed by atoms with Crippen molar-refractivity contribution in [1.82, 2.24) is 9.55 Å². The van der Waals surface area contributed by atoms with Crippen molar-refractivity contribution in [2.24, 2.45) is 7.05 Å². The standard InChI is InChI=1S/C24H25N3O4S/c1-14-7-5-6-8-15(14)13-32-24-26-23(29)21-18(12-20(28)25-22(21)27(24)2)17-11-16(30-3)9-10-19(17)31-4/h5-11,18H,12-13H2,1-4H3,(H,25,28). The molecule has 0 saturated carbocycles. The molecule has 0 spiro atoms. The Balaban J connectivity index is 1.77. The van der Waals surface area contributed by atoms with Crippen LogP contribution in [-0.4, -0.2) is 29.7 Å². The molecule has 1 aromatic heterocycles. The van der Waals surface area contributed by atoms with Crippen molar-refractivity contribution in [2.75, 3.05) is 19.5 Å². The number of methoxy groups -OCH3 is 2. The van der Waals surface area contributed by atoms with Crippen LogP contribution in [0.4, 0.5) is 5.82 Å². The molecule has 4 rings (SSSR count). The molecule has 2 heterocycles. The second kappa shape index (κ2) is 9.08. The Hall–Kier alpha value is -3.26. The lowest BCUT2D eigenvalue weighted by molar-refractivity contribution is -0.116. The molecule has 166 valence electrons. The molecule has 1 unspecified atom stereocenters. The van der Waals surface area contributed by atoms with E-state index in [1.54, 1.807) is 30.9 Å². The number of ether oxygens (including phenoxy) is 2. The maximum atomic E-state index is 13.2. The number of benzene rings is 2. The van der Waals surface area contributed by atoms with Gasteiger partial charge in [0.2, 0.25) is 5.91 Å². The van der Waals surface area contributed by atoms with E-state index in [1.165, 1.54) is 22.9 Å². The molecule has 2 aromatic carbocycles. The van der Waals surface area contributed by atoms with E-state index in [2.05, 4.69) is 29.4 Å². The topological polar surface area (TPSA) is 82.4 Å². The van der Waals surface area contributed by atoms with Crippen LogP contribution in [0.3, 0.4) is 0 Å². The SMILES string of the molecule is COc1ccc(OC)c(C2CC(=O)Nc3c2c(=O)nc(SCc2ccccc2C)n3C)c1. The van der Waals surface area contributed by atoms with Crippen LogP contribution in [-0.2, 0) is 17.6 Å². The van der Waals surface area contributed by atoms with Gasteiger partial charge in [0.25, 0.3) is 5.56 Å². The van der Waals surface area contributed by atoms with Gasteiger partial charge in [-0.25, -0.2) is 0 Å². The van der Waals surface area contributed by atoms with Crippen LogP contribution in [0.1, 0.15) is 34.6 Å². The van der Waals surface area contributed by atoms with E-state index < -0.39 is 5.92 Å². The third kappa shape index (κ3) is 4.10. The van der Waals surface area contributed by atoms with Gasteiger partial charge in [-0.1, -0.05) is 36.0 Å². The maximum Gasteiger partial charge on any atom is 0.279 e. The Bertz CT molecular complexity index is 1240. The molecule has 0 radical (unpaired) electrons. The highest BCUT2D eigenvalue weighted by atomic mass is 32.2. The fraction of sp³-hybridized carbons (Fsp3) is 0.292. The van der Waals surface area contributed by atoms with E-state index >= 15 is 0 Å². The van der Waals surface area contributed by atoms with Crippen molar-refractivity contribution in [1.29, 1.82) is 0 Å². The van der Waals surface area contributed by atoms with Crippen molar-refractivity contribution in [3.63, 3.8) is 0 Å². The minimum absolute atomic E-state index is 0.128. The lowest BCUT2D eigenvalue weighted by Gasteiger charge is -2.28. The summed E-state index contributed by atoms with van der Waals surface area (Å²) in [5, 5.41) is 3.43. The molecule has 8 heteroatoms. The molecule has 0 fully saturated rings. The average Bonchev–Trinajstić information content (AvgIpc) is 2.80. The lowest BCUT2D eigenvalue weighted by atomic mass is 9.86. The fourth-order valence-corrected chi connectivity index (χ4v) is 5.00. The Morgan fingerprint density at radius 2 is 1.94 bits per heavy atom. The first kappa shape index (κ1) is 22.0. The number of carbonyl (C=O) groups excluding carboxylic acids is 1. The number of nitrogens with one attached hydrogen (secondary N) is 1. The second-order valence-electron chi connectivity index (χ2n) is 7.65. The molecule has 0 bridgehead atoms. The van der Waals surface area contributed by atoms with Gasteiger partial charge in [0.1, 0.15) is 17.3 Å². The summed E-state index contributed by atoms with van der Waals surface area (Å²) in [7, 11) is 4.96. The number of rotatable bonds is 6. The molecule has 0 aliphatic carbocycles. The summed E-state index contributed by atoms with van der Waals surface area (Å²) >= 11 is 1.47. The van der Waals surface area contributed by atoms with E-state index in [0.29, 0.717) is 33.8 Å². The Morgan fingerprint density at radius 1 is 1.16 bits per heavy atom. The van der Waals surface area contributed by atoms with Gasteiger partial charge in [-0.3, -0.25) is 9.59 Å². The fourth-order valence-electron chi connectivity index (χ4n) is 3.96. The number of aromatic nitrogens is 2. The van der Waals surface area contributed by atoms with E-state index in [1.807, 2.05) is 25.2 Å². The van der Waals surface area contributed by atoms with Crippen LogP contribution in [0.15, 0.2) is 52.4 Å². The molecule has 7 nitrogen and oxygen atoms in total. The van der Waals surface area contributed by atoms with Crippen molar-refractivity contribution >= 4 is 23.5 Å². The zero-order valence-electron chi connectivity index (χ0n) is 18.5. The van der Waals surface area contributed by atoms with Crippen molar-refractivity contribution in [3.05, 3.63) is 75.1 Å². The third-order valence-electron chi connectivity index (χ3n) is 5.73. The molecule has 1 atom stereocenters. The number of aryl methyl sites for hydroxylation is 1. The predicted octanol–water partition coefficient (Wildman–Crippen LogP) is 3.87. The van der Waals surface area contributed by atoms with Crippen LogP contribution >= 0.6 is 11.8 Å². The van der Waals surface area contributed by atoms with Gasteiger partial charge in [-0.2, -0.15) is 4.98 Å². The molecule has 0 saturated heterocycles. The highest BCUT2D eigenvalue weighted by molar-refractivity contribution is 7.98. The number of anilines is 1. The summed E-state index contributed by atoms with van der Waals surface area (Å²) in [6.45, 7) is 2.06. The van der Waals surface area contributed by atoms with Crippen molar-refractivity contribution in [2.45, 2.75) is 30.2 Å². The Labute approximate surface area is 190 Å². The molecule has 1 aliphatic rings. The summed E-state index contributed by atoms with van der Waals surface area (Å²) < 4.78 is 12.7. The molecular formula is C24H25N3O4S. The first-order valence-corrected chi connectivity index (χ1v) is 11.2. The summed E-state index contributed by atoms with van der Waals surface area (Å²) in [4.78, 5) is 30.2. The third-order valence-corrected chi connectivity index (χ3v) is 6.81. The van der Waals surface area contributed by atoms with Crippen LogP contribution < -0.4 is 20.3 Å². The van der Waals surface area contributed by atoms with Gasteiger partial charge in [0.05, 0.1) is 19.8 Å². The zero-order chi connectivity index (χ0) is 22.8. The summed E-state index contributed by atoms with van der Waals surface area (Å²) in [6.07, 6.45) is 0.128. The summed E-state index contributed by atoms with van der Waals surface area (Å²) in [5.74, 6) is 1.73. The van der Waals surface area contributed by atoms with E-state index in [4.69, 9.17) is 9.47 Å². The highest BCUT2D eigenvalue weighted by Gasteiger charge is 2.34. The molecule has 3 aromatic rings. The number of nitrogens with zero attached hydrogens (tertiary/aromatic N) is 2. The summed E-state index contributed by atoms with van der Waals surface area (Å²) in [5.41, 5.74) is 3.19. The average molecular weight is 452 g/mol. The quantitative estimate of drug-likeness (QED) is 0.453. The predicted molar refractivity (Wildman–Crippen MR) is 125 cm³/mol. The normalized spacial score (nSPS) is 15.1. The van der Waals surface area contributed by atoms with Crippen LogP contribution in [0.5, 0.6) is 11.5 Å². The number of thioether (sulfide) groups is 1. The minimum Gasteiger partial charge on any atom is -0.497 e. The molecule has 1 amide bonds. The number of hydrogen-bond acceptors (Lipinski definition) is 6. The van der Waals surface area contributed by atoms with Gasteiger partial charge in [-0.05, 0) is 36.2 Å². The molecule has 32 heavy (non-hydrogen) atoms. The van der Waals surface area contributed by atoms with Gasteiger partial charge < -0.3 is 19.4 Å².